The highest BCUT2D eigenvalue weighted by Gasteiger charge is 2.61. The number of hydrogen-bond donors (Lipinski definition) is 2. The molecule has 1 spiro atoms. The van der Waals surface area contributed by atoms with E-state index in [1.807, 2.05) is 25.1 Å². The molecule has 4 aliphatic rings. The number of hydrogen-bond acceptors (Lipinski definition) is 4. The molecular formula is C22H30N2O4. The molecule has 2 N–H and O–H groups in total. The number of amides is 2. The van der Waals surface area contributed by atoms with E-state index in [0.717, 1.165) is 25.7 Å². The van der Waals surface area contributed by atoms with Crippen molar-refractivity contribution < 1.29 is 19.1 Å². The zero-order chi connectivity index (χ0) is 19.8. The molecule has 6 nitrogen and oxygen atoms in total. The van der Waals surface area contributed by atoms with E-state index in [4.69, 9.17) is 9.47 Å². The Bertz CT molecular complexity index is 767. The fourth-order valence-electron chi connectivity index (χ4n) is 5.31. The van der Waals surface area contributed by atoms with Crippen LogP contribution >= 0.6 is 0 Å². The van der Waals surface area contributed by atoms with Gasteiger partial charge in [0.15, 0.2) is 5.72 Å². The monoisotopic (exact) mass is 386 g/mol. The summed E-state index contributed by atoms with van der Waals surface area (Å²) in [6.07, 6.45) is 4.19. The van der Waals surface area contributed by atoms with Crippen LogP contribution in [0, 0.1) is 17.3 Å². The lowest BCUT2D eigenvalue weighted by Crippen LogP contribution is -2.69. The van der Waals surface area contributed by atoms with Crippen LogP contribution in [-0.2, 0) is 9.53 Å². The molecule has 1 heterocycles. The molecule has 3 fully saturated rings. The van der Waals surface area contributed by atoms with Crippen LogP contribution in [0.15, 0.2) is 24.3 Å². The number of para-hydroxylation sites is 1. The lowest BCUT2D eigenvalue weighted by Gasteiger charge is -2.59. The van der Waals surface area contributed by atoms with Gasteiger partial charge in [-0.25, -0.2) is 0 Å². The van der Waals surface area contributed by atoms with Gasteiger partial charge in [-0.15, -0.1) is 0 Å². The number of benzene rings is 1. The Balaban J connectivity index is 1.46. The summed E-state index contributed by atoms with van der Waals surface area (Å²) in [4.78, 5) is 25.6. The van der Waals surface area contributed by atoms with Gasteiger partial charge in [-0.1, -0.05) is 19.1 Å². The fourth-order valence-corrected chi connectivity index (χ4v) is 5.31. The van der Waals surface area contributed by atoms with Gasteiger partial charge in [0, 0.05) is 38.0 Å². The zero-order valence-electron chi connectivity index (χ0n) is 16.8. The zero-order valence-corrected chi connectivity index (χ0v) is 16.8. The summed E-state index contributed by atoms with van der Waals surface area (Å²) >= 11 is 0. The van der Waals surface area contributed by atoms with E-state index < -0.39 is 5.72 Å². The molecule has 1 aromatic carbocycles. The van der Waals surface area contributed by atoms with Gasteiger partial charge in [0.05, 0.1) is 5.56 Å². The minimum Gasteiger partial charge on any atom is -0.467 e. The van der Waals surface area contributed by atoms with Gasteiger partial charge in [-0.3, -0.25) is 9.59 Å². The number of carbonyl (C=O) groups is 2. The smallest absolute Gasteiger partial charge is 0.258 e. The Morgan fingerprint density at radius 3 is 3.00 bits per heavy atom. The minimum atomic E-state index is -0.690. The van der Waals surface area contributed by atoms with Crippen LogP contribution in [0.4, 0.5) is 0 Å². The highest BCUT2D eigenvalue weighted by Crippen LogP contribution is 2.58. The lowest BCUT2D eigenvalue weighted by atomic mass is 9.52. The third-order valence-electron chi connectivity index (χ3n) is 6.79. The first kappa shape index (κ1) is 19.2. The van der Waals surface area contributed by atoms with E-state index in [2.05, 4.69) is 17.6 Å². The number of fused-ring (bicyclic) bond motifs is 3. The molecule has 1 aromatic rings. The molecule has 5 rings (SSSR count). The van der Waals surface area contributed by atoms with E-state index in [0.29, 0.717) is 37.5 Å². The third kappa shape index (κ3) is 3.28. The van der Waals surface area contributed by atoms with Gasteiger partial charge < -0.3 is 20.1 Å². The average Bonchev–Trinajstić information content (AvgIpc) is 2.67. The maximum Gasteiger partial charge on any atom is 0.258 e. The van der Waals surface area contributed by atoms with Crippen molar-refractivity contribution in [3.63, 3.8) is 0 Å². The van der Waals surface area contributed by atoms with Crippen molar-refractivity contribution in [2.45, 2.75) is 51.7 Å². The quantitative estimate of drug-likeness (QED) is 0.737. The molecule has 0 aromatic heterocycles. The van der Waals surface area contributed by atoms with Crippen LogP contribution in [-0.4, -0.2) is 37.3 Å². The summed E-state index contributed by atoms with van der Waals surface area (Å²) < 4.78 is 11.7. The first-order valence-electron chi connectivity index (χ1n) is 10.4. The fraction of sp³-hybridized carbons (Fsp3) is 0.636. The molecule has 2 bridgehead atoms. The largest absolute Gasteiger partial charge is 0.467 e. The average molecular weight is 386 g/mol. The summed E-state index contributed by atoms with van der Waals surface area (Å²) in [5.41, 5.74) is -0.286. The Labute approximate surface area is 166 Å². The molecule has 2 amide bonds. The van der Waals surface area contributed by atoms with Crippen molar-refractivity contribution >= 4 is 11.8 Å². The van der Waals surface area contributed by atoms with E-state index in [1.165, 1.54) is 0 Å². The molecule has 3 aliphatic carbocycles. The predicted molar refractivity (Wildman–Crippen MR) is 105 cm³/mol. The van der Waals surface area contributed by atoms with Crippen LogP contribution in [0.1, 0.15) is 56.3 Å². The highest BCUT2D eigenvalue weighted by atomic mass is 16.5. The van der Waals surface area contributed by atoms with Crippen molar-refractivity contribution in [3.8, 4) is 5.75 Å². The van der Waals surface area contributed by atoms with Gasteiger partial charge >= 0.3 is 0 Å². The standard InChI is InChI=1S/C22H30N2O4/c1-3-27-12-6-11-23-20(26)17-13-15-9-10-21(17,2)14-22(15)24-19(25)16-7-4-5-8-18(16)28-22/h4-5,7-8,15,17H,3,6,9-14H2,1-2H3,(H,23,26)(H,24,25)/t15-,17+,21+,22-/m0/s1. The predicted octanol–water partition coefficient (Wildman–Crippen LogP) is 2.87. The Morgan fingerprint density at radius 1 is 1.39 bits per heavy atom. The van der Waals surface area contributed by atoms with Crippen molar-refractivity contribution in [1.29, 1.82) is 0 Å². The van der Waals surface area contributed by atoms with Gasteiger partial charge in [0.2, 0.25) is 5.91 Å². The molecule has 152 valence electrons. The van der Waals surface area contributed by atoms with Crippen LogP contribution in [0.25, 0.3) is 0 Å². The highest BCUT2D eigenvalue weighted by molar-refractivity contribution is 5.98. The van der Waals surface area contributed by atoms with Gasteiger partial charge in [0.1, 0.15) is 5.75 Å². The first-order chi connectivity index (χ1) is 13.5. The summed E-state index contributed by atoms with van der Waals surface area (Å²) in [5, 5.41) is 6.25. The van der Waals surface area contributed by atoms with Crippen molar-refractivity contribution in [2.75, 3.05) is 19.8 Å². The van der Waals surface area contributed by atoms with Crippen molar-refractivity contribution in [3.05, 3.63) is 29.8 Å². The number of carbonyl (C=O) groups excluding carboxylic acids is 2. The third-order valence-corrected chi connectivity index (χ3v) is 6.79. The Hall–Kier alpha value is -2.08. The summed E-state index contributed by atoms with van der Waals surface area (Å²) in [5.74, 6) is 0.808. The van der Waals surface area contributed by atoms with Crippen molar-refractivity contribution in [2.24, 2.45) is 17.3 Å². The second-order valence-corrected chi connectivity index (χ2v) is 8.64. The maximum atomic E-state index is 12.9. The molecular weight excluding hydrogens is 356 g/mol. The molecule has 4 atom stereocenters. The van der Waals surface area contributed by atoms with Crippen LogP contribution in [0.3, 0.4) is 0 Å². The van der Waals surface area contributed by atoms with E-state index in [9.17, 15) is 9.59 Å². The van der Waals surface area contributed by atoms with E-state index >= 15 is 0 Å². The van der Waals surface area contributed by atoms with Crippen LogP contribution in [0.5, 0.6) is 5.75 Å². The van der Waals surface area contributed by atoms with E-state index in [-0.39, 0.29) is 29.1 Å². The summed E-state index contributed by atoms with van der Waals surface area (Å²) in [6, 6.07) is 7.40. The Kier molecular flexibility index (Phi) is 5.08. The second-order valence-electron chi connectivity index (χ2n) is 8.64. The van der Waals surface area contributed by atoms with Gasteiger partial charge in [-0.2, -0.15) is 0 Å². The van der Waals surface area contributed by atoms with Crippen LogP contribution in [0.2, 0.25) is 0 Å². The maximum absolute atomic E-state index is 12.9. The number of ether oxygens (including phenoxy) is 2. The molecule has 3 saturated carbocycles. The van der Waals surface area contributed by atoms with Crippen LogP contribution < -0.4 is 15.4 Å². The van der Waals surface area contributed by atoms with Gasteiger partial charge in [0.25, 0.3) is 5.91 Å². The molecule has 0 unspecified atom stereocenters. The van der Waals surface area contributed by atoms with E-state index in [1.54, 1.807) is 6.07 Å². The van der Waals surface area contributed by atoms with Crippen molar-refractivity contribution in [1.82, 2.24) is 10.6 Å². The summed E-state index contributed by atoms with van der Waals surface area (Å²) in [6.45, 7) is 6.15. The molecule has 6 heteroatoms. The Morgan fingerprint density at radius 2 is 2.21 bits per heavy atom. The molecule has 1 aliphatic heterocycles. The first-order valence-corrected chi connectivity index (χ1v) is 10.4. The molecule has 28 heavy (non-hydrogen) atoms. The SMILES string of the molecule is CCOCCCNC(=O)[C@H]1C[C@@H]2CC[C@]1(C)C[C@@]21NC(=O)c2ccccc2O1. The molecule has 0 saturated heterocycles. The topological polar surface area (TPSA) is 76.7 Å². The summed E-state index contributed by atoms with van der Waals surface area (Å²) in [7, 11) is 0. The number of rotatable bonds is 6. The molecule has 0 radical (unpaired) electrons. The lowest BCUT2D eigenvalue weighted by molar-refractivity contribution is -0.167. The number of nitrogens with one attached hydrogen (secondary N) is 2. The van der Waals surface area contributed by atoms with Gasteiger partial charge in [-0.05, 0) is 50.2 Å². The minimum absolute atomic E-state index is 0.0401. The second kappa shape index (κ2) is 7.39. The normalized spacial score (nSPS) is 33.1.